The standard InChI is InChI=1S/C16H13N3O/c1-11-4-2-5-12(18-11)10-16(20)15-8-7-13-14(19-15)6-3-9-17-13/h2-9H,10H2,1H3. The lowest BCUT2D eigenvalue weighted by atomic mass is 10.1. The van der Waals surface area contributed by atoms with Gasteiger partial charge >= 0.3 is 0 Å². The highest BCUT2D eigenvalue weighted by Gasteiger charge is 2.10. The fourth-order valence-electron chi connectivity index (χ4n) is 2.07. The Hall–Kier alpha value is -2.62. The number of aryl methyl sites for hydroxylation is 1. The maximum atomic E-state index is 12.2. The third kappa shape index (κ3) is 2.54. The zero-order valence-corrected chi connectivity index (χ0v) is 11.1. The maximum Gasteiger partial charge on any atom is 0.187 e. The molecule has 98 valence electrons. The van der Waals surface area contributed by atoms with Crippen molar-refractivity contribution in [2.24, 2.45) is 0 Å². The number of carbonyl (C=O) groups excluding carboxylic acids is 1. The molecule has 4 nitrogen and oxygen atoms in total. The Balaban J connectivity index is 1.88. The first-order valence-electron chi connectivity index (χ1n) is 6.40. The SMILES string of the molecule is Cc1cccc(CC(=O)c2ccc3ncccc3n2)n1. The summed E-state index contributed by atoms with van der Waals surface area (Å²) in [7, 11) is 0. The minimum absolute atomic E-state index is 0.0335. The highest BCUT2D eigenvalue weighted by molar-refractivity contribution is 5.97. The largest absolute Gasteiger partial charge is 0.292 e. The normalized spacial score (nSPS) is 10.7. The molecule has 0 atom stereocenters. The molecule has 0 aliphatic carbocycles. The molecular weight excluding hydrogens is 250 g/mol. The van der Waals surface area contributed by atoms with Crippen molar-refractivity contribution in [1.29, 1.82) is 0 Å². The summed E-state index contributed by atoms with van der Waals surface area (Å²) in [6, 6.07) is 12.9. The number of fused-ring (bicyclic) bond motifs is 1. The predicted molar refractivity (Wildman–Crippen MR) is 76.5 cm³/mol. The van der Waals surface area contributed by atoms with Gasteiger partial charge in [0, 0.05) is 17.6 Å². The first-order valence-corrected chi connectivity index (χ1v) is 6.40. The molecule has 0 saturated carbocycles. The van der Waals surface area contributed by atoms with Crippen molar-refractivity contribution < 1.29 is 4.79 Å². The van der Waals surface area contributed by atoms with Crippen LogP contribution < -0.4 is 0 Å². The molecular formula is C16H13N3O. The van der Waals surface area contributed by atoms with Gasteiger partial charge < -0.3 is 0 Å². The van der Waals surface area contributed by atoms with Crippen molar-refractivity contribution in [1.82, 2.24) is 15.0 Å². The molecule has 0 spiro atoms. The Labute approximate surface area is 116 Å². The summed E-state index contributed by atoms with van der Waals surface area (Å²) in [6.07, 6.45) is 1.97. The van der Waals surface area contributed by atoms with Gasteiger partial charge in [0.15, 0.2) is 5.78 Å². The van der Waals surface area contributed by atoms with E-state index >= 15 is 0 Å². The van der Waals surface area contributed by atoms with Crippen LogP contribution in [0.15, 0.2) is 48.7 Å². The van der Waals surface area contributed by atoms with E-state index in [1.54, 1.807) is 12.3 Å². The smallest absolute Gasteiger partial charge is 0.187 e. The van der Waals surface area contributed by atoms with E-state index in [0.29, 0.717) is 5.69 Å². The van der Waals surface area contributed by atoms with Gasteiger partial charge in [-0.3, -0.25) is 14.8 Å². The number of carbonyl (C=O) groups is 1. The molecule has 0 amide bonds. The number of aromatic nitrogens is 3. The van der Waals surface area contributed by atoms with Gasteiger partial charge in [-0.1, -0.05) is 6.07 Å². The molecule has 0 bridgehead atoms. The topological polar surface area (TPSA) is 55.7 Å². The number of ketones is 1. The summed E-state index contributed by atoms with van der Waals surface area (Å²) in [4.78, 5) is 25.1. The van der Waals surface area contributed by atoms with Crippen LogP contribution in [0.4, 0.5) is 0 Å². The second-order valence-electron chi connectivity index (χ2n) is 4.61. The summed E-state index contributed by atoms with van der Waals surface area (Å²) in [5.74, 6) is -0.0335. The fraction of sp³-hybridized carbons (Fsp3) is 0.125. The lowest BCUT2D eigenvalue weighted by Gasteiger charge is -2.03. The Morgan fingerprint density at radius 2 is 1.90 bits per heavy atom. The quantitative estimate of drug-likeness (QED) is 0.682. The Bertz CT molecular complexity index is 783. The van der Waals surface area contributed by atoms with Crippen molar-refractivity contribution in [3.8, 4) is 0 Å². The summed E-state index contributed by atoms with van der Waals surface area (Å²) in [5, 5.41) is 0. The van der Waals surface area contributed by atoms with Crippen molar-refractivity contribution in [2.45, 2.75) is 13.3 Å². The van der Waals surface area contributed by atoms with Gasteiger partial charge in [-0.15, -0.1) is 0 Å². The average Bonchev–Trinajstić information content (AvgIpc) is 2.47. The van der Waals surface area contributed by atoms with Crippen LogP contribution in [0.3, 0.4) is 0 Å². The molecule has 3 heterocycles. The van der Waals surface area contributed by atoms with Crippen LogP contribution in [-0.4, -0.2) is 20.7 Å². The van der Waals surface area contributed by atoms with E-state index in [2.05, 4.69) is 15.0 Å². The fourth-order valence-corrected chi connectivity index (χ4v) is 2.07. The third-order valence-electron chi connectivity index (χ3n) is 3.03. The molecule has 0 unspecified atom stereocenters. The maximum absolute atomic E-state index is 12.2. The molecule has 0 aliphatic heterocycles. The minimum Gasteiger partial charge on any atom is -0.292 e. The Morgan fingerprint density at radius 3 is 2.75 bits per heavy atom. The van der Waals surface area contributed by atoms with Gasteiger partial charge in [0.2, 0.25) is 0 Å². The van der Waals surface area contributed by atoms with Gasteiger partial charge in [0.1, 0.15) is 5.69 Å². The zero-order valence-electron chi connectivity index (χ0n) is 11.1. The van der Waals surface area contributed by atoms with E-state index in [0.717, 1.165) is 22.4 Å². The van der Waals surface area contributed by atoms with E-state index in [1.807, 2.05) is 43.3 Å². The van der Waals surface area contributed by atoms with Crippen LogP contribution >= 0.6 is 0 Å². The van der Waals surface area contributed by atoms with E-state index in [-0.39, 0.29) is 12.2 Å². The Kier molecular flexibility index (Phi) is 3.21. The molecule has 0 N–H and O–H groups in total. The molecule has 3 aromatic heterocycles. The summed E-state index contributed by atoms with van der Waals surface area (Å²) < 4.78 is 0. The van der Waals surface area contributed by atoms with Crippen LogP contribution in [-0.2, 0) is 6.42 Å². The molecule has 0 aromatic carbocycles. The third-order valence-corrected chi connectivity index (χ3v) is 3.03. The molecule has 0 radical (unpaired) electrons. The van der Waals surface area contributed by atoms with Gasteiger partial charge in [0.05, 0.1) is 17.5 Å². The molecule has 3 rings (SSSR count). The summed E-state index contributed by atoms with van der Waals surface area (Å²) in [5.41, 5.74) is 3.65. The number of nitrogens with zero attached hydrogens (tertiary/aromatic N) is 3. The average molecular weight is 263 g/mol. The number of Topliss-reactive ketones (excluding diaryl/α,β-unsaturated/α-hetero) is 1. The van der Waals surface area contributed by atoms with E-state index in [1.165, 1.54) is 0 Å². The molecule has 0 saturated heterocycles. The van der Waals surface area contributed by atoms with E-state index < -0.39 is 0 Å². The van der Waals surface area contributed by atoms with Crippen molar-refractivity contribution in [2.75, 3.05) is 0 Å². The highest BCUT2D eigenvalue weighted by atomic mass is 16.1. The van der Waals surface area contributed by atoms with Crippen LogP contribution in [0.2, 0.25) is 0 Å². The van der Waals surface area contributed by atoms with Crippen molar-refractivity contribution in [3.05, 3.63) is 65.7 Å². The lowest BCUT2D eigenvalue weighted by molar-refractivity contribution is 0.0987. The van der Waals surface area contributed by atoms with Gasteiger partial charge in [-0.2, -0.15) is 0 Å². The van der Waals surface area contributed by atoms with Crippen LogP contribution in [0, 0.1) is 6.92 Å². The number of hydrogen-bond acceptors (Lipinski definition) is 4. The molecule has 0 aliphatic rings. The molecule has 0 fully saturated rings. The van der Waals surface area contributed by atoms with Crippen LogP contribution in [0.5, 0.6) is 0 Å². The van der Waals surface area contributed by atoms with Crippen molar-refractivity contribution in [3.63, 3.8) is 0 Å². The van der Waals surface area contributed by atoms with Crippen molar-refractivity contribution >= 4 is 16.8 Å². The summed E-state index contributed by atoms with van der Waals surface area (Å²) >= 11 is 0. The van der Waals surface area contributed by atoms with E-state index in [9.17, 15) is 4.79 Å². The van der Waals surface area contributed by atoms with Crippen LogP contribution in [0.1, 0.15) is 21.9 Å². The molecule has 20 heavy (non-hydrogen) atoms. The lowest BCUT2D eigenvalue weighted by Crippen LogP contribution is -2.07. The second-order valence-corrected chi connectivity index (χ2v) is 4.61. The summed E-state index contributed by atoms with van der Waals surface area (Å²) in [6.45, 7) is 1.91. The monoisotopic (exact) mass is 263 g/mol. The van der Waals surface area contributed by atoms with Gasteiger partial charge in [-0.25, -0.2) is 4.98 Å². The Morgan fingerprint density at radius 1 is 1.00 bits per heavy atom. The van der Waals surface area contributed by atoms with Gasteiger partial charge in [-0.05, 0) is 43.3 Å². The second kappa shape index (κ2) is 5.17. The minimum atomic E-state index is -0.0335. The first-order chi connectivity index (χ1) is 9.72. The number of rotatable bonds is 3. The van der Waals surface area contributed by atoms with E-state index in [4.69, 9.17) is 0 Å². The number of pyridine rings is 3. The molecule has 4 heteroatoms. The van der Waals surface area contributed by atoms with Crippen LogP contribution in [0.25, 0.3) is 11.0 Å². The first kappa shape index (κ1) is 12.4. The zero-order chi connectivity index (χ0) is 13.9. The van der Waals surface area contributed by atoms with Gasteiger partial charge in [0.25, 0.3) is 0 Å². The predicted octanol–water partition coefficient (Wildman–Crippen LogP) is 2.76. The number of hydrogen-bond donors (Lipinski definition) is 0. The molecule has 3 aromatic rings. The highest BCUT2D eigenvalue weighted by Crippen LogP contribution is 2.11.